The molecular weight excluding hydrogens is 307 g/mol. The Labute approximate surface area is 115 Å². The van der Waals surface area contributed by atoms with Crippen molar-refractivity contribution in [1.82, 2.24) is 5.32 Å². The molecular formula is C10H9ClF3NO3S. The molecule has 4 nitrogen and oxygen atoms in total. The number of halogens is 4. The van der Waals surface area contributed by atoms with E-state index in [0.29, 0.717) is 12.5 Å². The summed E-state index contributed by atoms with van der Waals surface area (Å²) < 4.78 is 38.1. The number of carbonyl (C=O) groups is 2. The van der Waals surface area contributed by atoms with Crippen molar-refractivity contribution < 1.29 is 27.9 Å². The lowest BCUT2D eigenvalue weighted by Crippen LogP contribution is -2.61. The number of aryl methyl sites for hydroxylation is 1. The molecule has 0 aliphatic rings. The SMILES string of the molecule is Cc1csc(C(=O)NC(C)(C(=O)O)C(F)(F)F)c1Cl. The summed E-state index contributed by atoms with van der Waals surface area (Å²) in [5.41, 5.74) is -2.84. The first kappa shape index (κ1) is 15.8. The van der Waals surface area contributed by atoms with Gasteiger partial charge in [0.1, 0.15) is 4.88 Å². The molecule has 0 fully saturated rings. The molecule has 106 valence electrons. The first-order valence-electron chi connectivity index (χ1n) is 4.87. The predicted molar refractivity (Wildman–Crippen MR) is 63.6 cm³/mol. The summed E-state index contributed by atoms with van der Waals surface area (Å²) in [6.07, 6.45) is -5.13. The Morgan fingerprint density at radius 3 is 2.26 bits per heavy atom. The van der Waals surface area contributed by atoms with Gasteiger partial charge in [0.25, 0.3) is 5.91 Å². The van der Waals surface area contributed by atoms with Crippen LogP contribution in [0.2, 0.25) is 5.02 Å². The van der Waals surface area contributed by atoms with E-state index in [4.69, 9.17) is 16.7 Å². The number of aliphatic carboxylic acids is 1. The van der Waals surface area contributed by atoms with Crippen molar-refractivity contribution in [2.24, 2.45) is 0 Å². The number of carboxylic acids is 1. The molecule has 0 radical (unpaired) electrons. The minimum absolute atomic E-state index is 0.0115. The number of alkyl halides is 3. The Kier molecular flexibility index (Phi) is 4.16. The van der Waals surface area contributed by atoms with E-state index in [1.165, 1.54) is 10.7 Å². The zero-order valence-electron chi connectivity index (χ0n) is 9.76. The van der Waals surface area contributed by atoms with E-state index in [1.54, 1.807) is 6.92 Å². The van der Waals surface area contributed by atoms with Crippen LogP contribution in [0.4, 0.5) is 13.2 Å². The van der Waals surface area contributed by atoms with E-state index in [-0.39, 0.29) is 9.90 Å². The van der Waals surface area contributed by atoms with Gasteiger partial charge in [-0.3, -0.25) is 4.79 Å². The predicted octanol–water partition coefficient (Wildman–Crippen LogP) is 2.85. The van der Waals surface area contributed by atoms with E-state index in [1.807, 2.05) is 0 Å². The molecule has 1 amide bonds. The maximum atomic E-state index is 12.7. The summed E-state index contributed by atoms with van der Waals surface area (Å²) in [4.78, 5) is 22.3. The first-order chi connectivity index (χ1) is 8.50. The second kappa shape index (κ2) is 5.01. The van der Waals surface area contributed by atoms with Gasteiger partial charge in [-0.2, -0.15) is 13.2 Å². The Bertz CT molecular complexity index is 529. The molecule has 1 rings (SSSR count). The van der Waals surface area contributed by atoms with Crippen LogP contribution in [0.15, 0.2) is 5.38 Å². The van der Waals surface area contributed by atoms with E-state index in [0.717, 1.165) is 11.3 Å². The van der Waals surface area contributed by atoms with Gasteiger partial charge in [-0.15, -0.1) is 11.3 Å². The third kappa shape index (κ3) is 2.84. The molecule has 1 heterocycles. The van der Waals surface area contributed by atoms with Gasteiger partial charge in [0.2, 0.25) is 5.54 Å². The zero-order valence-corrected chi connectivity index (χ0v) is 11.3. The fraction of sp³-hybridized carbons (Fsp3) is 0.400. The Morgan fingerprint density at radius 2 is 1.95 bits per heavy atom. The normalized spacial score (nSPS) is 14.8. The molecule has 0 aliphatic carbocycles. The molecule has 0 saturated carbocycles. The average Bonchev–Trinajstić information content (AvgIpc) is 2.57. The molecule has 19 heavy (non-hydrogen) atoms. The molecule has 0 aliphatic heterocycles. The van der Waals surface area contributed by atoms with E-state index in [2.05, 4.69) is 0 Å². The van der Waals surface area contributed by atoms with Crippen LogP contribution < -0.4 is 5.32 Å². The topological polar surface area (TPSA) is 66.4 Å². The monoisotopic (exact) mass is 315 g/mol. The number of carbonyl (C=O) groups excluding carboxylic acids is 1. The maximum absolute atomic E-state index is 12.7. The maximum Gasteiger partial charge on any atom is 0.422 e. The van der Waals surface area contributed by atoms with Crippen molar-refractivity contribution in [3.8, 4) is 0 Å². The van der Waals surface area contributed by atoms with Crippen molar-refractivity contribution >= 4 is 34.8 Å². The van der Waals surface area contributed by atoms with Crippen LogP contribution in [0.1, 0.15) is 22.2 Å². The summed E-state index contributed by atoms with van der Waals surface area (Å²) in [6.45, 7) is 1.96. The molecule has 1 aromatic rings. The number of hydrogen-bond donors (Lipinski definition) is 2. The number of thiophene rings is 1. The second-order valence-electron chi connectivity index (χ2n) is 3.94. The summed E-state index contributed by atoms with van der Waals surface area (Å²) in [5, 5.41) is 11.6. The minimum Gasteiger partial charge on any atom is -0.479 e. The second-order valence-corrected chi connectivity index (χ2v) is 5.20. The van der Waals surface area contributed by atoms with E-state index in [9.17, 15) is 22.8 Å². The summed E-state index contributed by atoms with van der Waals surface area (Å²) in [7, 11) is 0. The van der Waals surface area contributed by atoms with Crippen LogP contribution in [0, 0.1) is 6.92 Å². The highest BCUT2D eigenvalue weighted by atomic mass is 35.5. The molecule has 2 N–H and O–H groups in total. The van der Waals surface area contributed by atoms with Gasteiger partial charge in [0, 0.05) is 0 Å². The van der Waals surface area contributed by atoms with Crippen molar-refractivity contribution in [1.29, 1.82) is 0 Å². The van der Waals surface area contributed by atoms with Gasteiger partial charge in [-0.25, -0.2) is 4.79 Å². The molecule has 0 aromatic carbocycles. The molecule has 0 saturated heterocycles. The lowest BCUT2D eigenvalue weighted by molar-refractivity contribution is -0.203. The third-order valence-corrected chi connectivity index (χ3v) is 4.16. The van der Waals surface area contributed by atoms with Crippen LogP contribution in [0.25, 0.3) is 0 Å². The van der Waals surface area contributed by atoms with Crippen molar-refractivity contribution in [3.05, 3.63) is 20.8 Å². The number of rotatable bonds is 3. The van der Waals surface area contributed by atoms with Crippen LogP contribution in [-0.4, -0.2) is 28.7 Å². The van der Waals surface area contributed by atoms with Gasteiger partial charge >= 0.3 is 12.1 Å². The smallest absolute Gasteiger partial charge is 0.422 e. The van der Waals surface area contributed by atoms with Crippen LogP contribution in [0.5, 0.6) is 0 Å². The highest BCUT2D eigenvalue weighted by Crippen LogP contribution is 2.32. The van der Waals surface area contributed by atoms with Crippen LogP contribution in [-0.2, 0) is 4.79 Å². The van der Waals surface area contributed by atoms with Gasteiger partial charge in [0.05, 0.1) is 5.02 Å². The number of carboxylic acid groups (broad SMARTS) is 1. The van der Waals surface area contributed by atoms with Crippen molar-refractivity contribution in [2.75, 3.05) is 0 Å². The first-order valence-corrected chi connectivity index (χ1v) is 6.12. The lowest BCUT2D eigenvalue weighted by Gasteiger charge is -2.28. The molecule has 0 bridgehead atoms. The number of amides is 1. The van der Waals surface area contributed by atoms with E-state index >= 15 is 0 Å². The molecule has 1 aromatic heterocycles. The van der Waals surface area contributed by atoms with Crippen LogP contribution >= 0.6 is 22.9 Å². The fourth-order valence-electron chi connectivity index (χ4n) is 1.11. The Hall–Kier alpha value is -1.28. The third-order valence-electron chi connectivity index (χ3n) is 2.46. The van der Waals surface area contributed by atoms with E-state index < -0.39 is 23.6 Å². The minimum atomic E-state index is -5.13. The Morgan fingerprint density at radius 1 is 1.42 bits per heavy atom. The van der Waals surface area contributed by atoms with Gasteiger partial charge < -0.3 is 10.4 Å². The van der Waals surface area contributed by atoms with Crippen LogP contribution in [0.3, 0.4) is 0 Å². The average molecular weight is 316 g/mol. The molecule has 1 atom stereocenters. The highest BCUT2D eigenvalue weighted by molar-refractivity contribution is 7.13. The largest absolute Gasteiger partial charge is 0.479 e. The number of hydrogen-bond acceptors (Lipinski definition) is 3. The standard InChI is InChI=1S/C10H9ClF3NO3S/c1-4-3-19-6(5(4)11)7(16)15-9(2,8(17)18)10(12,13)14/h3H,1-2H3,(H,15,16)(H,17,18). The summed E-state index contributed by atoms with van der Waals surface area (Å²) in [5.74, 6) is -3.37. The van der Waals surface area contributed by atoms with Gasteiger partial charge in [0.15, 0.2) is 0 Å². The van der Waals surface area contributed by atoms with Crippen molar-refractivity contribution in [3.63, 3.8) is 0 Å². The summed E-state index contributed by atoms with van der Waals surface area (Å²) >= 11 is 6.59. The van der Waals surface area contributed by atoms with Gasteiger partial charge in [-0.05, 0) is 24.8 Å². The highest BCUT2D eigenvalue weighted by Gasteiger charge is 2.58. The number of nitrogens with one attached hydrogen (secondary N) is 1. The molecule has 9 heteroatoms. The fourth-order valence-corrected chi connectivity index (χ4v) is 2.29. The van der Waals surface area contributed by atoms with Gasteiger partial charge in [-0.1, -0.05) is 11.6 Å². The quantitative estimate of drug-likeness (QED) is 0.901. The van der Waals surface area contributed by atoms with Crippen molar-refractivity contribution in [2.45, 2.75) is 25.6 Å². The summed E-state index contributed by atoms with van der Waals surface area (Å²) in [6, 6.07) is 0. The molecule has 1 unspecified atom stereocenters. The Balaban J connectivity index is 3.09. The molecule has 0 spiro atoms. The lowest BCUT2D eigenvalue weighted by atomic mass is 10.0. The zero-order chi connectivity index (χ0) is 15.0.